The predicted molar refractivity (Wildman–Crippen MR) is 80.3 cm³/mol. The van der Waals surface area contributed by atoms with E-state index in [4.69, 9.17) is 0 Å². The van der Waals surface area contributed by atoms with Crippen LogP contribution in [-0.2, 0) is 6.54 Å². The molecule has 1 unspecified atom stereocenters. The second-order valence-corrected chi connectivity index (χ2v) is 6.29. The zero-order valence-corrected chi connectivity index (χ0v) is 12.5. The Morgan fingerprint density at radius 1 is 1.26 bits per heavy atom. The molecular weight excluding hydrogens is 234 g/mol. The standard InChI is InChI=1S/C17H27NO/c1-13(2)15-8-5-10-18(11-9-15)12-16-7-4-6-14(3)17(16)19/h4,6-7,13,15,19H,5,8-12H2,1-3H3. The molecule has 1 aliphatic rings. The molecule has 0 bridgehead atoms. The van der Waals surface area contributed by atoms with Gasteiger partial charge in [0.25, 0.3) is 0 Å². The highest BCUT2D eigenvalue weighted by Crippen LogP contribution is 2.27. The molecule has 1 saturated heterocycles. The highest BCUT2D eigenvalue weighted by atomic mass is 16.3. The summed E-state index contributed by atoms with van der Waals surface area (Å²) in [6, 6.07) is 6.06. The summed E-state index contributed by atoms with van der Waals surface area (Å²) in [6.07, 6.45) is 3.94. The maximum absolute atomic E-state index is 10.1. The first kappa shape index (κ1) is 14.4. The number of benzene rings is 1. The first-order valence-electron chi connectivity index (χ1n) is 7.57. The summed E-state index contributed by atoms with van der Waals surface area (Å²) in [5.41, 5.74) is 2.05. The zero-order valence-electron chi connectivity index (χ0n) is 12.5. The molecule has 1 aromatic carbocycles. The number of rotatable bonds is 3. The third-order valence-corrected chi connectivity index (χ3v) is 4.52. The van der Waals surface area contributed by atoms with Gasteiger partial charge in [0.15, 0.2) is 0 Å². The van der Waals surface area contributed by atoms with Crippen LogP contribution < -0.4 is 0 Å². The zero-order chi connectivity index (χ0) is 13.8. The highest BCUT2D eigenvalue weighted by molar-refractivity contribution is 5.39. The van der Waals surface area contributed by atoms with Gasteiger partial charge in [-0.1, -0.05) is 32.0 Å². The van der Waals surface area contributed by atoms with E-state index in [9.17, 15) is 5.11 Å². The van der Waals surface area contributed by atoms with Gasteiger partial charge in [-0.15, -0.1) is 0 Å². The van der Waals surface area contributed by atoms with Gasteiger partial charge in [-0.2, -0.15) is 0 Å². The van der Waals surface area contributed by atoms with Crippen molar-refractivity contribution in [1.82, 2.24) is 4.90 Å². The van der Waals surface area contributed by atoms with Crippen molar-refractivity contribution in [2.24, 2.45) is 11.8 Å². The van der Waals surface area contributed by atoms with Crippen molar-refractivity contribution in [3.05, 3.63) is 29.3 Å². The molecule has 2 heteroatoms. The van der Waals surface area contributed by atoms with Gasteiger partial charge < -0.3 is 5.11 Å². The number of aromatic hydroxyl groups is 1. The normalized spacial score (nSPS) is 21.6. The van der Waals surface area contributed by atoms with Crippen LogP contribution in [0, 0.1) is 18.8 Å². The lowest BCUT2D eigenvalue weighted by Crippen LogP contribution is -2.24. The smallest absolute Gasteiger partial charge is 0.122 e. The van der Waals surface area contributed by atoms with E-state index < -0.39 is 0 Å². The predicted octanol–water partition coefficient (Wildman–Crippen LogP) is 3.96. The number of phenolic OH excluding ortho intramolecular Hbond substituents is 1. The number of nitrogens with zero attached hydrogens (tertiary/aromatic N) is 1. The number of hydrogen-bond donors (Lipinski definition) is 1. The van der Waals surface area contributed by atoms with Crippen LogP contribution in [0.1, 0.15) is 44.2 Å². The Labute approximate surface area is 117 Å². The van der Waals surface area contributed by atoms with Gasteiger partial charge in [-0.05, 0) is 56.7 Å². The van der Waals surface area contributed by atoms with Crippen LogP contribution in [0.15, 0.2) is 18.2 Å². The molecule has 19 heavy (non-hydrogen) atoms. The van der Waals surface area contributed by atoms with E-state index in [1.165, 1.54) is 19.3 Å². The van der Waals surface area contributed by atoms with Crippen LogP contribution in [0.2, 0.25) is 0 Å². The van der Waals surface area contributed by atoms with E-state index in [2.05, 4.69) is 18.7 Å². The average Bonchev–Trinajstić information content (AvgIpc) is 2.60. The molecular formula is C17H27NO. The van der Waals surface area contributed by atoms with Crippen LogP contribution in [0.4, 0.5) is 0 Å². The van der Waals surface area contributed by atoms with Crippen molar-refractivity contribution in [1.29, 1.82) is 0 Å². The lowest BCUT2D eigenvalue weighted by molar-refractivity contribution is 0.261. The summed E-state index contributed by atoms with van der Waals surface area (Å²) >= 11 is 0. The lowest BCUT2D eigenvalue weighted by Gasteiger charge is -2.22. The minimum absolute atomic E-state index is 0.479. The topological polar surface area (TPSA) is 23.5 Å². The summed E-state index contributed by atoms with van der Waals surface area (Å²) in [6.45, 7) is 9.86. The molecule has 0 amide bonds. The largest absolute Gasteiger partial charge is 0.507 e. The molecule has 0 radical (unpaired) electrons. The maximum atomic E-state index is 10.1. The molecule has 1 N–H and O–H groups in total. The lowest BCUT2D eigenvalue weighted by atomic mass is 9.89. The third-order valence-electron chi connectivity index (χ3n) is 4.52. The van der Waals surface area contributed by atoms with Gasteiger partial charge in [0, 0.05) is 12.1 Å². The quantitative estimate of drug-likeness (QED) is 0.890. The van der Waals surface area contributed by atoms with E-state index in [0.29, 0.717) is 5.75 Å². The van der Waals surface area contributed by atoms with Crippen molar-refractivity contribution >= 4 is 0 Å². The third kappa shape index (κ3) is 3.73. The molecule has 1 fully saturated rings. The molecule has 1 atom stereocenters. The van der Waals surface area contributed by atoms with Crippen molar-refractivity contribution < 1.29 is 5.11 Å². The van der Waals surface area contributed by atoms with Crippen LogP contribution in [0.5, 0.6) is 5.75 Å². The van der Waals surface area contributed by atoms with Gasteiger partial charge in [0.1, 0.15) is 5.75 Å². The number of para-hydroxylation sites is 1. The second kappa shape index (κ2) is 6.42. The van der Waals surface area contributed by atoms with Crippen molar-refractivity contribution in [2.45, 2.75) is 46.6 Å². The minimum atomic E-state index is 0.479. The molecule has 1 aromatic rings. The fraction of sp³-hybridized carbons (Fsp3) is 0.647. The number of likely N-dealkylation sites (tertiary alicyclic amines) is 1. The maximum Gasteiger partial charge on any atom is 0.122 e. The number of phenols is 1. The van der Waals surface area contributed by atoms with Crippen molar-refractivity contribution in [3.8, 4) is 5.75 Å². The van der Waals surface area contributed by atoms with Gasteiger partial charge in [-0.3, -0.25) is 4.90 Å². The molecule has 2 nitrogen and oxygen atoms in total. The molecule has 0 aliphatic carbocycles. The van der Waals surface area contributed by atoms with E-state index in [-0.39, 0.29) is 0 Å². The Morgan fingerprint density at radius 2 is 2.05 bits per heavy atom. The summed E-state index contributed by atoms with van der Waals surface area (Å²) < 4.78 is 0. The number of aryl methyl sites for hydroxylation is 1. The van der Waals surface area contributed by atoms with Gasteiger partial charge in [0.05, 0.1) is 0 Å². The van der Waals surface area contributed by atoms with E-state index in [1.54, 1.807) is 0 Å². The van der Waals surface area contributed by atoms with Gasteiger partial charge >= 0.3 is 0 Å². The fourth-order valence-corrected chi connectivity index (χ4v) is 3.09. The Balaban J connectivity index is 1.98. The molecule has 1 heterocycles. The summed E-state index contributed by atoms with van der Waals surface area (Å²) in [5.74, 6) is 2.15. The Morgan fingerprint density at radius 3 is 2.79 bits per heavy atom. The molecule has 0 spiro atoms. The number of hydrogen-bond acceptors (Lipinski definition) is 2. The Kier molecular flexibility index (Phi) is 4.87. The van der Waals surface area contributed by atoms with Gasteiger partial charge in [-0.25, -0.2) is 0 Å². The van der Waals surface area contributed by atoms with Crippen LogP contribution in [0.25, 0.3) is 0 Å². The molecule has 2 rings (SSSR count). The van der Waals surface area contributed by atoms with E-state index in [1.807, 2.05) is 25.1 Å². The second-order valence-electron chi connectivity index (χ2n) is 6.29. The monoisotopic (exact) mass is 261 g/mol. The first-order valence-corrected chi connectivity index (χ1v) is 7.57. The van der Waals surface area contributed by atoms with Crippen molar-refractivity contribution in [3.63, 3.8) is 0 Å². The molecule has 106 valence electrons. The van der Waals surface area contributed by atoms with E-state index >= 15 is 0 Å². The summed E-state index contributed by atoms with van der Waals surface area (Å²) in [5, 5.41) is 10.1. The molecule has 1 aliphatic heterocycles. The van der Waals surface area contributed by atoms with E-state index in [0.717, 1.165) is 42.6 Å². The van der Waals surface area contributed by atoms with Crippen LogP contribution >= 0.6 is 0 Å². The fourth-order valence-electron chi connectivity index (χ4n) is 3.09. The Hall–Kier alpha value is -1.02. The van der Waals surface area contributed by atoms with Gasteiger partial charge in [0.2, 0.25) is 0 Å². The minimum Gasteiger partial charge on any atom is -0.507 e. The molecule has 0 saturated carbocycles. The molecule has 0 aromatic heterocycles. The summed E-state index contributed by atoms with van der Waals surface area (Å²) in [4.78, 5) is 2.50. The van der Waals surface area contributed by atoms with Crippen LogP contribution in [0.3, 0.4) is 0 Å². The average molecular weight is 261 g/mol. The summed E-state index contributed by atoms with van der Waals surface area (Å²) in [7, 11) is 0. The highest BCUT2D eigenvalue weighted by Gasteiger charge is 2.20. The van der Waals surface area contributed by atoms with Crippen molar-refractivity contribution in [2.75, 3.05) is 13.1 Å². The Bertz CT molecular complexity index is 414. The SMILES string of the molecule is Cc1cccc(CN2CCCC(C(C)C)CC2)c1O. The first-order chi connectivity index (χ1) is 9.08. The van der Waals surface area contributed by atoms with Crippen LogP contribution in [-0.4, -0.2) is 23.1 Å².